The van der Waals surface area contributed by atoms with Crippen molar-refractivity contribution in [2.75, 3.05) is 0 Å². The number of carboxylic acid groups (broad SMARTS) is 1. The van der Waals surface area contributed by atoms with Gasteiger partial charge in [0, 0.05) is 19.4 Å². The number of hydrogen-bond acceptors (Lipinski definition) is 3. The van der Waals surface area contributed by atoms with E-state index in [-0.39, 0.29) is 10.0 Å². The molecule has 1 aromatic heterocycles. The highest BCUT2D eigenvalue weighted by atomic mass is 79.9. The molecule has 0 spiro atoms. The summed E-state index contributed by atoms with van der Waals surface area (Å²) in [6.45, 7) is 0. The van der Waals surface area contributed by atoms with E-state index in [9.17, 15) is 9.18 Å². The largest absolute Gasteiger partial charge is 0.478 e. The van der Waals surface area contributed by atoms with Gasteiger partial charge in [-0.1, -0.05) is 0 Å². The summed E-state index contributed by atoms with van der Waals surface area (Å²) in [4.78, 5) is 15.2. The molecular formula is C11H8BrFN2O2S. The molecule has 0 atom stereocenters. The second-order valence-electron chi connectivity index (χ2n) is 3.47. The minimum Gasteiger partial charge on any atom is -0.478 e. The van der Waals surface area contributed by atoms with E-state index in [0.29, 0.717) is 10.1 Å². The number of imidazole rings is 1. The minimum absolute atomic E-state index is 0.0470. The van der Waals surface area contributed by atoms with Crippen LogP contribution in [0.3, 0.4) is 0 Å². The van der Waals surface area contributed by atoms with Crippen LogP contribution in [0.25, 0.3) is 0 Å². The monoisotopic (exact) mass is 330 g/mol. The van der Waals surface area contributed by atoms with Crippen molar-refractivity contribution < 1.29 is 14.3 Å². The van der Waals surface area contributed by atoms with Crippen LogP contribution < -0.4 is 0 Å². The molecule has 0 radical (unpaired) electrons. The van der Waals surface area contributed by atoms with Crippen molar-refractivity contribution in [2.45, 2.75) is 10.1 Å². The fraction of sp³-hybridized carbons (Fsp3) is 0.0909. The Hall–Kier alpha value is -1.34. The summed E-state index contributed by atoms with van der Waals surface area (Å²) in [5, 5.41) is 9.49. The molecule has 2 aromatic rings. The molecule has 2 rings (SSSR count). The summed E-state index contributed by atoms with van der Waals surface area (Å²) < 4.78 is 15.7. The van der Waals surface area contributed by atoms with Gasteiger partial charge in [0.25, 0.3) is 0 Å². The van der Waals surface area contributed by atoms with Gasteiger partial charge in [0.15, 0.2) is 11.0 Å². The van der Waals surface area contributed by atoms with E-state index < -0.39 is 11.8 Å². The number of hydrogen-bond donors (Lipinski definition) is 1. The molecule has 0 amide bonds. The van der Waals surface area contributed by atoms with E-state index in [4.69, 9.17) is 5.11 Å². The summed E-state index contributed by atoms with van der Waals surface area (Å²) in [6.07, 6.45) is 3.36. The lowest BCUT2D eigenvalue weighted by molar-refractivity contribution is 0.0695. The molecule has 0 aliphatic carbocycles. The number of nitrogens with zero attached hydrogens (tertiary/aromatic N) is 2. The van der Waals surface area contributed by atoms with E-state index in [1.54, 1.807) is 24.0 Å². The normalized spacial score (nSPS) is 10.6. The molecule has 0 bridgehead atoms. The maximum Gasteiger partial charge on any atom is 0.336 e. The van der Waals surface area contributed by atoms with Crippen molar-refractivity contribution in [3.63, 3.8) is 0 Å². The van der Waals surface area contributed by atoms with Gasteiger partial charge in [-0.3, -0.25) is 0 Å². The second-order valence-corrected chi connectivity index (χ2v) is 5.27. The molecule has 1 heterocycles. The first-order valence-corrected chi connectivity index (χ1v) is 6.48. The Morgan fingerprint density at radius 2 is 2.28 bits per heavy atom. The van der Waals surface area contributed by atoms with Crippen LogP contribution in [0.2, 0.25) is 0 Å². The van der Waals surface area contributed by atoms with Crippen LogP contribution in [0.4, 0.5) is 4.39 Å². The Morgan fingerprint density at radius 3 is 2.83 bits per heavy atom. The highest BCUT2D eigenvalue weighted by Crippen LogP contribution is 2.33. The molecular weight excluding hydrogens is 323 g/mol. The van der Waals surface area contributed by atoms with E-state index in [0.717, 1.165) is 11.8 Å². The number of carboxylic acids is 1. The van der Waals surface area contributed by atoms with Crippen molar-refractivity contribution >= 4 is 33.7 Å². The van der Waals surface area contributed by atoms with Gasteiger partial charge in [-0.05, 0) is 39.8 Å². The molecule has 4 nitrogen and oxygen atoms in total. The van der Waals surface area contributed by atoms with Crippen molar-refractivity contribution in [3.05, 3.63) is 40.4 Å². The topological polar surface area (TPSA) is 55.1 Å². The molecule has 0 fully saturated rings. The molecule has 1 aromatic carbocycles. The van der Waals surface area contributed by atoms with Crippen molar-refractivity contribution in [1.29, 1.82) is 0 Å². The van der Waals surface area contributed by atoms with E-state index >= 15 is 0 Å². The molecule has 0 aliphatic heterocycles. The summed E-state index contributed by atoms with van der Waals surface area (Å²) >= 11 is 4.09. The SMILES string of the molecule is Cn1ccnc1Sc1ccc(C(=O)O)c(Br)c1F. The standard InChI is InChI=1S/C11H8BrFN2O2S/c1-15-5-4-14-11(15)18-7-3-2-6(10(16)17)8(12)9(7)13/h2-5H,1H3,(H,16,17). The van der Waals surface area contributed by atoms with Gasteiger partial charge in [0.2, 0.25) is 0 Å². The molecule has 1 N–H and O–H groups in total. The average molecular weight is 331 g/mol. The van der Waals surface area contributed by atoms with Gasteiger partial charge >= 0.3 is 5.97 Å². The summed E-state index contributed by atoms with van der Waals surface area (Å²) in [7, 11) is 1.80. The zero-order valence-electron chi connectivity index (χ0n) is 9.22. The fourth-order valence-corrected chi connectivity index (χ4v) is 2.81. The Morgan fingerprint density at radius 1 is 1.56 bits per heavy atom. The lowest BCUT2D eigenvalue weighted by atomic mass is 10.2. The molecule has 0 saturated carbocycles. The third-order valence-electron chi connectivity index (χ3n) is 2.26. The number of aryl methyl sites for hydroxylation is 1. The first kappa shape index (κ1) is 13.1. The average Bonchev–Trinajstić information content (AvgIpc) is 2.70. The van der Waals surface area contributed by atoms with E-state index in [2.05, 4.69) is 20.9 Å². The Balaban J connectivity index is 2.39. The van der Waals surface area contributed by atoms with E-state index in [1.807, 2.05) is 0 Å². The maximum absolute atomic E-state index is 14.0. The van der Waals surface area contributed by atoms with Crippen LogP contribution in [0, 0.1) is 5.82 Å². The minimum atomic E-state index is -1.17. The lowest BCUT2D eigenvalue weighted by Crippen LogP contribution is -2.00. The zero-order valence-corrected chi connectivity index (χ0v) is 11.6. The number of aromatic carboxylic acids is 1. The third kappa shape index (κ3) is 2.41. The summed E-state index contributed by atoms with van der Waals surface area (Å²) in [5.41, 5.74) is -0.100. The number of benzene rings is 1. The van der Waals surface area contributed by atoms with Gasteiger partial charge in [0.05, 0.1) is 14.9 Å². The van der Waals surface area contributed by atoms with Crippen LogP contribution in [0.15, 0.2) is 39.1 Å². The molecule has 18 heavy (non-hydrogen) atoms. The smallest absolute Gasteiger partial charge is 0.336 e. The lowest BCUT2D eigenvalue weighted by Gasteiger charge is -2.06. The number of halogens is 2. The van der Waals surface area contributed by atoms with Crippen LogP contribution in [0.5, 0.6) is 0 Å². The Bertz CT molecular complexity index is 615. The first-order valence-electron chi connectivity index (χ1n) is 4.87. The van der Waals surface area contributed by atoms with Gasteiger partial charge < -0.3 is 9.67 Å². The first-order chi connectivity index (χ1) is 8.50. The van der Waals surface area contributed by atoms with Gasteiger partial charge in [-0.25, -0.2) is 14.2 Å². The van der Waals surface area contributed by atoms with Crippen molar-refractivity contribution in [2.24, 2.45) is 7.05 Å². The Kier molecular flexibility index (Phi) is 3.72. The number of rotatable bonds is 3. The fourth-order valence-electron chi connectivity index (χ4n) is 1.32. The van der Waals surface area contributed by atoms with E-state index in [1.165, 1.54) is 12.1 Å². The van der Waals surface area contributed by atoms with Gasteiger partial charge in [0.1, 0.15) is 0 Å². The highest BCUT2D eigenvalue weighted by Gasteiger charge is 2.17. The molecule has 0 saturated heterocycles. The highest BCUT2D eigenvalue weighted by molar-refractivity contribution is 9.10. The van der Waals surface area contributed by atoms with Crippen LogP contribution in [0.1, 0.15) is 10.4 Å². The van der Waals surface area contributed by atoms with Gasteiger partial charge in [-0.2, -0.15) is 0 Å². The second kappa shape index (κ2) is 5.11. The predicted octanol–water partition coefficient (Wildman–Crippen LogP) is 3.17. The third-order valence-corrected chi connectivity index (χ3v) is 4.14. The number of aromatic nitrogens is 2. The molecule has 0 aliphatic rings. The van der Waals surface area contributed by atoms with Crippen molar-refractivity contribution in [3.8, 4) is 0 Å². The van der Waals surface area contributed by atoms with Crippen LogP contribution >= 0.6 is 27.7 Å². The zero-order chi connectivity index (χ0) is 13.3. The summed E-state index contributed by atoms with van der Waals surface area (Å²) in [6, 6.07) is 2.80. The maximum atomic E-state index is 14.0. The summed E-state index contributed by atoms with van der Waals surface area (Å²) in [5.74, 6) is -1.77. The Labute approximate surface area is 115 Å². The van der Waals surface area contributed by atoms with Crippen molar-refractivity contribution in [1.82, 2.24) is 9.55 Å². The van der Waals surface area contributed by atoms with Crippen LogP contribution in [-0.2, 0) is 7.05 Å². The number of carbonyl (C=O) groups is 1. The quantitative estimate of drug-likeness (QED) is 0.939. The van der Waals surface area contributed by atoms with Crippen LogP contribution in [-0.4, -0.2) is 20.6 Å². The predicted molar refractivity (Wildman–Crippen MR) is 68.4 cm³/mol. The molecule has 94 valence electrons. The molecule has 7 heteroatoms. The molecule has 0 unspecified atom stereocenters. The van der Waals surface area contributed by atoms with Gasteiger partial charge in [-0.15, -0.1) is 0 Å².